The minimum absolute atomic E-state index is 0.111. The third-order valence-electron chi connectivity index (χ3n) is 6.54. The third-order valence-corrected chi connectivity index (χ3v) is 6.54. The zero-order chi connectivity index (χ0) is 22.6. The van der Waals surface area contributed by atoms with Crippen LogP contribution in [0.4, 0.5) is 11.6 Å². The van der Waals surface area contributed by atoms with E-state index in [0.29, 0.717) is 19.6 Å². The Bertz CT molecular complexity index is 1070. The van der Waals surface area contributed by atoms with Crippen molar-refractivity contribution in [2.24, 2.45) is 0 Å². The molecule has 2 saturated heterocycles. The largest absolute Gasteiger partial charge is 0.395 e. The molecule has 4 heterocycles. The molecule has 1 amide bonds. The van der Waals surface area contributed by atoms with E-state index < -0.39 is 0 Å². The van der Waals surface area contributed by atoms with Crippen LogP contribution in [0.3, 0.4) is 0 Å². The predicted octanol–water partition coefficient (Wildman–Crippen LogP) is 0.289. The first-order valence-electron chi connectivity index (χ1n) is 11.6. The highest BCUT2D eigenvalue weighted by Gasteiger charge is 2.23. The van der Waals surface area contributed by atoms with Gasteiger partial charge in [-0.05, 0) is 24.3 Å². The van der Waals surface area contributed by atoms with Crippen molar-refractivity contribution in [1.29, 1.82) is 0 Å². The highest BCUT2D eigenvalue weighted by atomic mass is 16.3. The van der Waals surface area contributed by atoms with Gasteiger partial charge in [0.15, 0.2) is 11.6 Å². The molecule has 2 aromatic heterocycles. The smallest absolute Gasteiger partial charge is 0.242 e. The maximum Gasteiger partial charge on any atom is 0.242 e. The number of nitrogens with zero attached hydrogens (tertiary/aromatic N) is 8. The molecular formula is C23H30N8O2. The molecule has 2 fully saturated rings. The lowest BCUT2D eigenvalue weighted by Crippen LogP contribution is -2.50. The Hall–Kier alpha value is -3.24. The van der Waals surface area contributed by atoms with Crippen molar-refractivity contribution in [3.63, 3.8) is 0 Å². The van der Waals surface area contributed by atoms with Crippen LogP contribution in [0, 0.1) is 0 Å². The van der Waals surface area contributed by atoms with Crippen molar-refractivity contribution in [2.45, 2.75) is 6.54 Å². The summed E-state index contributed by atoms with van der Waals surface area (Å²) >= 11 is 0. The van der Waals surface area contributed by atoms with Crippen molar-refractivity contribution < 1.29 is 9.90 Å². The van der Waals surface area contributed by atoms with E-state index in [1.54, 1.807) is 6.33 Å². The van der Waals surface area contributed by atoms with E-state index in [4.69, 9.17) is 5.11 Å². The van der Waals surface area contributed by atoms with Gasteiger partial charge in [0.25, 0.3) is 0 Å². The Balaban J connectivity index is 1.13. The molecule has 3 aromatic rings. The first kappa shape index (κ1) is 21.6. The minimum atomic E-state index is 0.111. The standard InChI is InChI=1S/C23H30N8O2/c32-16-15-27-7-9-28(10-8-27)21-5-6-22(26-25-21)29-11-13-30(14-12-29)23(33)17-31-18-24-19-3-1-2-4-20(19)31/h1-6,18,32H,7-17H2. The van der Waals surface area contributed by atoms with Gasteiger partial charge in [0, 0.05) is 58.9 Å². The molecule has 2 aliphatic rings. The first-order chi connectivity index (χ1) is 16.2. The number of aliphatic hydroxyl groups is 1. The molecule has 33 heavy (non-hydrogen) atoms. The number of imidazole rings is 1. The maximum atomic E-state index is 12.8. The normalized spacial score (nSPS) is 17.7. The molecule has 5 rings (SSSR count). The van der Waals surface area contributed by atoms with E-state index in [1.165, 1.54) is 0 Å². The number of benzene rings is 1. The second-order valence-electron chi connectivity index (χ2n) is 8.53. The van der Waals surface area contributed by atoms with Gasteiger partial charge in [-0.2, -0.15) is 0 Å². The number of piperazine rings is 2. The lowest BCUT2D eigenvalue weighted by Gasteiger charge is -2.36. The van der Waals surface area contributed by atoms with Crippen molar-refractivity contribution in [3.05, 3.63) is 42.7 Å². The summed E-state index contributed by atoms with van der Waals surface area (Å²) in [7, 11) is 0. The van der Waals surface area contributed by atoms with Crippen LogP contribution in [-0.2, 0) is 11.3 Å². The van der Waals surface area contributed by atoms with Crippen LogP contribution < -0.4 is 9.80 Å². The zero-order valence-corrected chi connectivity index (χ0v) is 18.8. The summed E-state index contributed by atoms with van der Waals surface area (Å²) in [6, 6.07) is 11.9. The molecule has 0 unspecified atom stereocenters. The Labute approximate surface area is 193 Å². The lowest BCUT2D eigenvalue weighted by molar-refractivity contribution is -0.132. The van der Waals surface area contributed by atoms with Crippen molar-refractivity contribution >= 4 is 28.6 Å². The number of aliphatic hydroxyl groups excluding tert-OH is 1. The van der Waals surface area contributed by atoms with Crippen molar-refractivity contribution in [1.82, 2.24) is 29.5 Å². The summed E-state index contributed by atoms with van der Waals surface area (Å²) in [5.41, 5.74) is 1.89. The first-order valence-corrected chi connectivity index (χ1v) is 11.6. The fraction of sp³-hybridized carbons (Fsp3) is 0.478. The number of hydrogen-bond acceptors (Lipinski definition) is 8. The molecule has 174 valence electrons. The summed E-state index contributed by atoms with van der Waals surface area (Å²) < 4.78 is 1.91. The van der Waals surface area contributed by atoms with Crippen LogP contribution in [0.5, 0.6) is 0 Å². The van der Waals surface area contributed by atoms with Gasteiger partial charge in [-0.3, -0.25) is 9.69 Å². The van der Waals surface area contributed by atoms with Gasteiger partial charge in [-0.1, -0.05) is 12.1 Å². The zero-order valence-electron chi connectivity index (χ0n) is 18.8. The topological polar surface area (TPSA) is 93.9 Å². The van der Waals surface area contributed by atoms with Crippen LogP contribution >= 0.6 is 0 Å². The number of anilines is 2. The summed E-state index contributed by atoms with van der Waals surface area (Å²) in [4.78, 5) is 25.8. The Morgan fingerprint density at radius 3 is 2.12 bits per heavy atom. The van der Waals surface area contributed by atoms with Crippen molar-refractivity contribution in [2.75, 3.05) is 75.3 Å². The van der Waals surface area contributed by atoms with Gasteiger partial charge in [0.05, 0.1) is 24.0 Å². The summed E-state index contributed by atoms with van der Waals surface area (Å²) in [5, 5.41) is 18.0. The molecule has 0 aliphatic carbocycles. The van der Waals surface area contributed by atoms with E-state index in [1.807, 2.05) is 45.9 Å². The molecule has 10 heteroatoms. The minimum Gasteiger partial charge on any atom is -0.395 e. The number of β-amino-alcohol motifs (C(OH)–C–C–N with tert-alkyl or cyclic N) is 1. The van der Waals surface area contributed by atoms with E-state index in [9.17, 15) is 4.79 Å². The van der Waals surface area contributed by atoms with Gasteiger partial charge in [0.1, 0.15) is 6.54 Å². The van der Waals surface area contributed by atoms with Gasteiger partial charge in [0.2, 0.25) is 5.91 Å². The van der Waals surface area contributed by atoms with Gasteiger partial charge in [-0.15, -0.1) is 10.2 Å². The van der Waals surface area contributed by atoms with Gasteiger partial charge in [-0.25, -0.2) is 4.98 Å². The molecule has 0 bridgehead atoms. The average Bonchev–Trinajstić information content (AvgIpc) is 3.28. The summed E-state index contributed by atoms with van der Waals surface area (Å²) in [5.74, 6) is 1.86. The molecule has 0 radical (unpaired) electrons. The second kappa shape index (κ2) is 9.72. The Kier molecular flexibility index (Phi) is 6.36. The van der Waals surface area contributed by atoms with Crippen LogP contribution in [0.2, 0.25) is 0 Å². The number of carbonyl (C=O) groups excluding carboxylic acids is 1. The lowest BCUT2D eigenvalue weighted by atomic mass is 10.3. The number of rotatable bonds is 6. The monoisotopic (exact) mass is 450 g/mol. The Morgan fingerprint density at radius 2 is 1.48 bits per heavy atom. The number of amides is 1. The van der Waals surface area contributed by atoms with Gasteiger partial charge < -0.3 is 24.4 Å². The number of para-hydroxylation sites is 2. The fourth-order valence-corrected chi connectivity index (χ4v) is 4.56. The molecule has 1 aromatic carbocycles. The SMILES string of the molecule is O=C(Cn1cnc2ccccc21)N1CCN(c2ccc(N3CCN(CCO)CC3)nn2)CC1. The fourth-order valence-electron chi connectivity index (χ4n) is 4.56. The number of hydrogen-bond donors (Lipinski definition) is 1. The summed E-state index contributed by atoms with van der Waals surface area (Å²) in [6.07, 6.45) is 1.74. The Morgan fingerprint density at radius 1 is 0.848 bits per heavy atom. The van der Waals surface area contributed by atoms with E-state index in [0.717, 1.165) is 68.5 Å². The molecular weight excluding hydrogens is 420 g/mol. The van der Waals surface area contributed by atoms with Crippen LogP contribution in [0.25, 0.3) is 11.0 Å². The maximum absolute atomic E-state index is 12.8. The molecule has 2 aliphatic heterocycles. The van der Waals surface area contributed by atoms with Crippen LogP contribution in [-0.4, -0.2) is 106 Å². The van der Waals surface area contributed by atoms with E-state index in [-0.39, 0.29) is 12.5 Å². The molecule has 0 atom stereocenters. The number of carbonyl (C=O) groups is 1. The third kappa shape index (κ3) is 4.76. The quantitative estimate of drug-likeness (QED) is 0.573. The molecule has 0 spiro atoms. The van der Waals surface area contributed by atoms with Gasteiger partial charge >= 0.3 is 0 Å². The predicted molar refractivity (Wildman–Crippen MR) is 126 cm³/mol. The number of fused-ring (bicyclic) bond motifs is 1. The molecule has 0 saturated carbocycles. The molecule has 1 N–H and O–H groups in total. The van der Waals surface area contributed by atoms with Crippen molar-refractivity contribution in [3.8, 4) is 0 Å². The van der Waals surface area contributed by atoms with E-state index in [2.05, 4.69) is 29.9 Å². The van der Waals surface area contributed by atoms with Crippen LogP contribution in [0.1, 0.15) is 0 Å². The molecule has 10 nitrogen and oxygen atoms in total. The average molecular weight is 451 g/mol. The van der Waals surface area contributed by atoms with E-state index >= 15 is 0 Å². The second-order valence-corrected chi connectivity index (χ2v) is 8.53. The highest BCUT2D eigenvalue weighted by molar-refractivity contribution is 5.80. The number of aromatic nitrogens is 4. The van der Waals surface area contributed by atoms with Crippen LogP contribution in [0.15, 0.2) is 42.7 Å². The highest BCUT2D eigenvalue weighted by Crippen LogP contribution is 2.18. The summed E-state index contributed by atoms with van der Waals surface area (Å²) in [6.45, 7) is 7.68.